The van der Waals surface area contributed by atoms with Gasteiger partial charge in [-0.1, -0.05) is 44.0 Å². The zero-order valence-electron chi connectivity index (χ0n) is 19.9. The smallest absolute Gasteiger partial charge is 0.407 e. The van der Waals surface area contributed by atoms with Crippen molar-refractivity contribution in [2.75, 3.05) is 13.6 Å². The molecule has 1 amide bonds. The van der Waals surface area contributed by atoms with Crippen molar-refractivity contribution in [1.82, 2.24) is 30.7 Å². The first-order valence-corrected chi connectivity index (χ1v) is 11.1. The van der Waals surface area contributed by atoms with Crippen LogP contribution in [0.25, 0.3) is 0 Å². The monoisotopic (exact) mass is 443 g/mol. The van der Waals surface area contributed by atoms with Gasteiger partial charge in [0.05, 0.1) is 6.54 Å². The number of alkyl carbamates (subject to hydrolysis) is 1. The largest absolute Gasteiger partial charge is 0.444 e. The van der Waals surface area contributed by atoms with Crippen LogP contribution < -0.4 is 16.0 Å². The molecule has 1 unspecified atom stereocenters. The summed E-state index contributed by atoms with van der Waals surface area (Å²) < 4.78 is 7.14. The van der Waals surface area contributed by atoms with Crippen molar-refractivity contribution >= 4 is 12.1 Å². The van der Waals surface area contributed by atoms with Crippen molar-refractivity contribution in [3.63, 3.8) is 0 Å². The van der Waals surface area contributed by atoms with Gasteiger partial charge in [-0.2, -0.15) is 5.10 Å². The summed E-state index contributed by atoms with van der Waals surface area (Å²) in [5, 5.41) is 13.8. The molecule has 32 heavy (non-hydrogen) atoms. The zero-order chi connectivity index (χ0) is 23.4. The summed E-state index contributed by atoms with van der Waals surface area (Å²) in [6, 6.07) is 8.37. The molecule has 176 valence electrons. The van der Waals surface area contributed by atoms with E-state index in [0.717, 1.165) is 30.4 Å². The van der Waals surface area contributed by atoms with E-state index in [9.17, 15) is 4.79 Å². The Morgan fingerprint density at radius 2 is 2.03 bits per heavy atom. The minimum atomic E-state index is -0.517. The average molecular weight is 444 g/mol. The Labute approximate surface area is 191 Å². The molecule has 0 radical (unpaired) electrons. The van der Waals surface area contributed by atoms with Crippen LogP contribution in [0.15, 0.2) is 41.9 Å². The minimum Gasteiger partial charge on any atom is -0.444 e. The summed E-state index contributed by atoms with van der Waals surface area (Å²) in [4.78, 5) is 20.4. The first kappa shape index (κ1) is 25.2. The molecule has 9 heteroatoms. The normalized spacial score (nSPS) is 12.8. The van der Waals surface area contributed by atoms with Gasteiger partial charge >= 0.3 is 6.09 Å². The lowest BCUT2D eigenvalue weighted by Gasteiger charge is -2.24. The first-order chi connectivity index (χ1) is 15.3. The number of carbonyl (C=O) groups is 1. The molecule has 0 bridgehead atoms. The molecule has 0 aliphatic carbocycles. The number of benzene rings is 1. The van der Waals surface area contributed by atoms with Crippen LogP contribution in [0.3, 0.4) is 0 Å². The maximum absolute atomic E-state index is 12.0. The number of amides is 1. The fraction of sp³-hybridized carbons (Fsp3) is 0.565. The molecule has 2 rings (SSSR count). The van der Waals surface area contributed by atoms with Gasteiger partial charge in [0.2, 0.25) is 0 Å². The van der Waals surface area contributed by atoms with E-state index < -0.39 is 11.7 Å². The van der Waals surface area contributed by atoms with Crippen LogP contribution in [0.5, 0.6) is 0 Å². The van der Waals surface area contributed by atoms with Crippen LogP contribution in [0, 0.1) is 0 Å². The second-order valence-corrected chi connectivity index (χ2v) is 8.71. The van der Waals surface area contributed by atoms with Crippen molar-refractivity contribution in [1.29, 1.82) is 0 Å². The fourth-order valence-corrected chi connectivity index (χ4v) is 3.11. The van der Waals surface area contributed by atoms with Gasteiger partial charge < -0.3 is 20.7 Å². The zero-order valence-corrected chi connectivity index (χ0v) is 19.9. The van der Waals surface area contributed by atoms with E-state index in [1.54, 1.807) is 18.1 Å². The van der Waals surface area contributed by atoms with Crippen LogP contribution in [0.2, 0.25) is 0 Å². The standard InChI is InChI=1S/C23H37N7O2/c1-6-7-11-20(14-27-22(31)32-23(2,3)4)29-21(24-5)26-13-18-9-8-10-19(12-18)15-30-17-25-16-28-30/h8-10,12,16-17,20H,6-7,11,13-15H2,1-5H3,(H,27,31)(H2,24,26,29). The topological polar surface area (TPSA) is 105 Å². The summed E-state index contributed by atoms with van der Waals surface area (Å²) in [7, 11) is 1.74. The number of hydrogen-bond acceptors (Lipinski definition) is 5. The number of nitrogens with zero attached hydrogens (tertiary/aromatic N) is 4. The molecule has 1 heterocycles. The number of ether oxygens (including phenoxy) is 1. The lowest BCUT2D eigenvalue weighted by Crippen LogP contribution is -2.48. The Hall–Kier alpha value is -3.10. The third kappa shape index (κ3) is 9.80. The predicted octanol–water partition coefficient (Wildman–Crippen LogP) is 3.07. The number of aromatic nitrogens is 3. The fourth-order valence-electron chi connectivity index (χ4n) is 3.11. The van der Waals surface area contributed by atoms with Gasteiger partial charge in [0.15, 0.2) is 5.96 Å². The molecule has 1 aromatic heterocycles. The lowest BCUT2D eigenvalue weighted by atomic mass is 10.1. The molecular weight excluding hydrogens is 406 g/mol. The van der Waals surface area contributed by atoms with Gasteiger partial charge in [-0.05, 0) is 38.3 Å². The Morgan fingerprint density at radius 1 is 1.25 bits per heavy atom. The number of carbonyl (C=O) groups excluding carboxylic acids is 1. The highest BCUT2D eigenvalue weighted by molar-refractivity contribution is 5.80. The summed E-state index contributed by atoms with van der Waals surface area (Å²) in [6.45, 7) is 9.48. The first-order valence-electron chi connectivity index (χ1n) is 11.1. The summed E-state index contributed by atoms with van der Waals surface area (Å²) >= 11 is 0. The van der Waals surface area contributed by atoms with Crippen molar-refractivity contribution in [3.8, 4) is 0 Å². The third-order valence-corrected chi connectivity index (χ3v) is 4.62. The van der Waals surface area contributed by atoms with Gasteiger partial charge in [0, 0.05) is 26.2 Å². The number of aliphatic imine (C=N–C) groups is 1. The molecule has 0 aliphatic rings. The molecule has 0 spiro atoms. The minimum absolute atomic E-state index is 0.0484. The van der Waals surface area contributed by atoms with E-state index in [1.165, 1.54) is 6.33 Å². The van der Waals surface area contributed by atoms with Crippen molar-refractivity contribution in [2.45, 2.75) is 71.7 Å². The summed E-state index contributed by atoms with van der Waals surface area (Å²) in [6.07, 6.45) is 5.88. The highest BCUT2D eigenvalue weighted by Crippen LogP contribution is 2.08. The number of unbranched alkanes of at least 4 members (excludes halogenated alkanes) is 1. The van der Waals surface area contributed by atoms with E-state index in [4.69, 9.17) is 4.74 Å². The molecule has 3 N–H and O–H groups in total. The lowest BCUT2D eigenvalue weighted by molar-refractivity contribution is 0.0523. The van der Waals surface area contributed by atoms with Crippen LogP contribution >= 0.6 is 0 Å². The maximum atomic E-state index is 12.0. The molecule has 0 saturated carbocycles. The highest BCUT2D eigenvalue weighted by atomic mass is 16.6. The quantitative estimate of drug-likeness (QED) is 0.385. The van der Waals surface area contributed by atoms with E-state index in [-0.39, 0.29) is 6.04 Å². The van der Waals surface area contributed by atoms with E-state index in [0.29, 0.717) is 25.6 Å². The summed E-state index contributed by atoms with van der Waals surface area (Å²) in [5.74, 6) is 0.693. The van der Waals surface area contributed by atoms with Gasteiger partial charge in [-0.3, -0.25) is 4.99 Å². The number of guanidine groups is 1. The predicted molar refractivity (Wildman–Crippen MR) is 126 cm³/mol. The van der Waals surface area contributed by atoms with Crippen molar-refractivity contribution in [3.05, 3.63) is 48.0 Å². The number of rotatable bonds is 10. The Morgan fingerprint density at radius 3 is 2.69 bits per heavy atom. The van der Waals surface area contributed by atoms with E-state index >= 15 is 0 Å². The van der Waals surface area contributed by atoms with Crippen molar-refractivity contribution in [2.24, 2.45) is 4.99 Å². The van der Waals surface area contributed by atoms with Crippen LogP contribution in [0.1, 0.15) is 58.1 Å². The van der Waals surface area contributed by atoms with Crippen LogP contribution in [-0.2, 0) is 17.8 Å². The molecule has 1 atom stereocenters. The van der Waals surface area contributed by atoms with Crippen LogP contribution in [0.4, 0.5) is 4.79 Å². The third-order valence-electron chi connectivity index (χ3n) is 4.62. The second-order valence-electron chi connectivity index (χ2n) is 8.71. The molecule has 0 fully saturated rings. The maximum Gasteiger partial charge on any atom is 0.407 e. The molecule has 1 aromatic carbocycles. The van der Waals surface area contributed by atoms with E-state index in [2.05, 4.69) is 56.1 Å². The number of nitrogens with one attached hydrogen (secondary N) is 3. The summed E-state index contributed by atoms with van der Waals surface area (Å²) in [5.41, 5.74) is 1.78. The van der Waals surface area contributed by atoms with E-state index in [1.807, 2.05) is 26.8 Å². The SMILES string of the molecule is CCCCC(CNC(=O)OC(C)(C)C)NC(=NC)NCc1cccc(Cn2cncn2)c1. The van der Waals surface area contributed by atoms with Gasteiger partial charge in [0.25, 0.3) is 0 Å². The molecular formula is C23H37N7O2. The van der Waals surface area contributed by atoms with Crippen LogP contribution in [-0.4, -0.2) is 52.1 Å². The van der Waals surface area contributed by atoms with Crippen molar-refractivity contribution < 1.29 is 9.53 Å². The number of hydrogen-bond donors (Lipinski definition) is 3. The molecule has 0 aliphatic heterocycles. The Bertz CT molecular complexity index is 844. The Balaban J connectivity index is 1.89. The molecule has 2 aromatic rings. The van der Waals surface area contributed by atoms with Gasteiger partial charge in [0.1, 0.15) is 18.3 Å². The Kier molecular flexibility index (Phi) is 9.97. The highest BCUT2D eigenvalue weighted by Gasteiger charge is 2.18. The average Bonchev–Trinajstić information content (AvgIpc) is 3.24. The molecule has 0 saturated heterocycles. The van der Waals surface area contributed by atoms with Gasteiger partial charge in [-0.15, -0.1) is 0 Å². The second kappa shape index (κ2) is 12.7. The van der Waals surface area contributed by atoms with Gasteiger partial charge in [-0.25, -0.2) is 14.5 Å². The molecule has 9 nitrogen and oxygen atoms in total.